The molecule has 0 radical (unpaired) electrons. The Morgan fingerprint density at radius 3 is 1.59 bits per heavy atom. The van der Waals surface area contributed by atoms with Crippen LogP contribution in [0.5, 0.6) is 0 Å². The second-order valence-electron chi connectivity index (χ2n) is 9.42. The maximum Gasteiger partial charge on any atom is 0.313 e. The molecule has 0 aromatic heterocycles. The van der Waals surface area contributed by atoms with Crippen LogP contribution in [0.4, 0.5) is 0 Å². The molecule has 0 saturated heterocycles. The number of unbranched alkanes of at least 4 members (excludes halogenated alkanes) is 14. The molecule has 0 bridgehead atoms. The number of esters is 2. The third-order valence-electron chi connectivity index (χ3n) is 6.48. The van der Waals surface area contributed by atoms with Crippen LogP contribution < -0.4 is 0 Å². The molecule has 1 aliphatic carbocycles. The molecule has 0 N–H and O–H groups in total. The maximum absolute atomic E-state index is 12.6. The van der Waals surface area contributed by atoms with Gasteiger partial charge in [-0.3, -0.25) is 9.59 Å². The second-order valence-corrected chi connectivity index (χ2v) is 9.42. The molecule has 1 aliphatic rings. The summed E-state index contributed by atoms with van der Waals surface area (Å²) < 4.78 is 11.0. The zero-order valence-electron chi connectivity index (χ0n) is 21.1. The van der Waals surface area contributed by atoms with E-state index in [0.29, 0.717) is 19.6 Å². The van der Waals surface area contributed by atoms with Gasteiger partial charge in [-0.25, -0.2) is 0 Å². The summed E-state index contributed by atoms with van der Waals surface area (Å²) in [5.74, 6) is -1.37. The maximum atomic E-state index is 12.6. The van der Waals surface area contributed by atoms with Gasteiger partial charge < -0.3 is 9.47 Å². The van der Waals surface area contributed by atoms with E-state index in [-0.39, 0.29) is 17.9 Å². The van der Waals surface area contributed by atoms with Gasteiger partial charge in [-0.1, -0.05) is 116 Å². The monoisotopic (exact) mass is 450 g/mol. The Labute approximate surface area is 197 Å². The Balaban J connectivity index is 2.16. The minimum atomic E-state index is -0.483. The highest BCUT2D eigenvalue weighted by molar-refractivity contribution is 5.83. The van der Waals surface area contributed by atoms with Gasteiger partial charge in [0.25, 0.3) is 0 Å². The molecule has 0 heterocycles. The number of hydrogen-bond acceptors (Lipinski definition) is 4. The number of ether oxygens (including phenoxy) is 2. The first kappa shape index (κ1) is 28.7. The zero-order valence-corrected chi connectivity index (χ0v) is 21.1. The van der Waals surface area contributed by atoms with Gasteiger partial charge >= 0.3 is 11.9 Å². The summed E-state index contributed by atoms with van der Waals surface area (Å²) in [6.45, 7) is 5.39. The molecule has 0 aromatic rings. The Bertz CT molecular complexity index is 500. The molecule has 0 fully saturated rings. The summed E-state index contributed by atoms with van der Waals surface area (Å²) in [7, 11) is 0. The first-order valence-electron chi connectivity index (χ1n) is 13.7. The van der Waals surface area contributed by atoms with Crippen molar-refractivity contribution in [2.45, 2.75) is 129 Å². The standard InChI is InChI=1S/C28H50O4/c1-3-5-7-9-11-13-15-19-23-31-27(29)25-21-17-18-22-26(25)28(30)32-24-20-16-14-12-10-8-6-4-2/h17,21,25-26H,3-16,18-20,22-24H2,1-2H3. The van der Waals surface area contributed by atoms with Crippen LogP contribution in [0.3, 0.4) is 0 Å². The summed E-state index contributed by atoms with van der Waals surface area (Å²) >= 11 is 0. The highest BCUT2D eigenvalue weighted by Gasteiger charge is 2.35. The molecule has 0 aromatic carbocycles. The van der Waals surface area contributed by atoms with Crippen molar-refractivity contribution in [1.29, 1.82) is 0 Å². The number of allylic oxidation sites excluding steroid dienone is 1. The number of carbonyl (C=O) groups excluding carboxylic acids is 2. The fourth-order valence-corrected chi connectivity index (χ4v) is 4.36. The van der Waals surface area contributed by atoms with Gasteiger partial charge in [0.1, 0.15) is 0 Å². The minimum absolute atomic E-state index is 0.230. The van der Waals surface area contributed by atoms with Crippen molar-refractivity contribution in [3.63, 3.8) is 0 Å². The van der Waals surface area contributed by atoms with E-state index in [0.717, 1.165) is 32.1 Å². The molecule has 4 heteroatoms. The predicted octanol–water partition coefficient (Wildman–Crippen LogP) is 7.94. The normalized spacial score (nSPS) is 17.9. The Morgan fingerprint density at radius 2 is 1.09 bits per heavy atom. The van der Waals surface area contributed by atoms with Gasteiger partial charge in [0.15, 0.2) is 0 Å². The first-order chi connectivity index (χ1) is 15.7. The molecule has 0 spiro atoms. The topological polar surface area (TPSA) is 52.6 Å². The van der Waals surface area contributed by atoms with Crippen molar-refractivity contribution >= 4 is 11.9 Å². The highest BCUT2D eigenvalue weighted by Crippen LogP contribution is 2.27. The number of rotatable bonds is 20. The third kappa shape index (κ3) is 14.0. The molecule has 4 nitrogen and oxygen atoms in total. The third-order valence-corrected chi connectivity index (χ3v) is 6.48. The van der Waals surface area contributed by atoms with Crippen molar-refractivity contribution in [3.8, 4) is 0 Å². The van der Waals surface area contributed by atoms with E-state index in [1.54, 1.807) is 0 Å². The molecule has 0 aliphatic heterocycles. The van der Waals surface area contributed by atoms with Crippen LogP contribution in [-0.4, -0.2) is 25.2 Å². The van der Waals surface area contributed by atoms with Crippen LogP contribution in [0.25, 0.3) is 0 Å². The molecule has 1 rings (SSSR count). The van der Waals surface area contributed by atoms with E-state index in [1.807, 2.05) is 12.2 Å². The fraction of sp³-hybridized carbons (Fsp3) is 0.857. The summed E-state index contributed by atoms with van der Waals surface area (Å²) in [6, 6.07) is 0. The van der Waals surface area contributed by atoms with E-state index >= 15 is 0 Å². The summed E-state index contributed by atoms with van der Waals surface area (Å²) in [6.07, 6.45) is 24.8. The van der Waals surface area contributed by atoms with E-state index < -0.39 is 5.92 Å². The average Bonchev–Trinajstić information content (AvgIpc) is 2.81. The fourth-order valence-electron chi connectivity index (χ4n) is 4.36. The van der Waals surface area contributed by atoms with Crippen molar-refractivity contribution in [2.24, 2.45) is 11.8 Å². The lowest BCUT2D eigenvalue weighted by molar-refractivity contribution is -0.159. The van der Waals surface area contributed by atoms with Crippen LogP contribution >= 0.6 is 0 Å². The molecular weight excluding hydrogens is 400 g/mol. The Morgan fingerprint density at radius 1 is 0.656 bits per heavy atom. The van der Waals surface area contributed by atoms with Gasteiger partial charge in [0.05, 0.1) is 25.0 Å². The van der Waals surface area contributed by atoms with E-state index in [9.17, 15) is 9.59 Å². The zero-order chi connectivity index (χ0) is 23.3. The summed E-state index contributed by atoms with van der Waals surface area (Å²) in [4.78, 5) is 25.1. The number of carbonyl (C=O) groups is 2. The summed E-state index contributed by atoms with van der Waals surface area (Å²) in [5, 5.41) is 0. The van der Waals surface area contributed by atoms with Crippen molar-refractivity contribution in [3.05, 3.63) is 12.2 Å². The minimum Gasteiger partial charge on any atom is -0.465 e. The van der Waals surface area contributed by atoms with Crippen molar-refractivity contribution in [1.82, 2.24) is 0 Å². The van der Waals surface area contributed by atoms with Crippen LogP contribution in [0.1, 0.15) is 129 Å². The highest BCUT2D eigenvalue weighted by atomic mass is 16.5. The first-order valence-corrected chi connectivity index (χ1v) is 13.7. The van der Waals surface area contributed by atoms with E-state index in [2.05, 4.69) is 13.8 Å². The SMILES string of the molecule is CCCCCCCCCCOC(=O)C1C=CCCC1C(=O)OCCCCCCCCCC. The van der Waals surface area contributed by atoms with E-state index in [4.69, 9.17) is 9.47 Å². The van der Waals surface area contributed by atoms with Crippen LogP contribution in [0.15, 0.2) is 12.2 Å². The lowest BCUT2D eigenvalue weighted by Gasteiger charge is -2.24. The Kier molecular flexibility index (Phi) is 18.2. The smallest absolute Gasteiger partial charge is 0.313 e. The lowest BCUT2D eigenvalue weighted by atomic mass is 9.84. The van der Waals surface area contributed by atoms with E-state index in [1.165, 1.54) is 77.0 Å². The molecule has 32 heavy (non-hydrogen) atoms. The molecular formula is C28H50O4. The summed E-state index contributed by atoms with van der Waals surface area (Å²) in [5.41, 5.74) is 0. The molecule has 186 valence electrons. The molecule has 0 amide bonds. The van der Waals surface area contributed by atoms with Crippen LogP contribution in [0.2, 0.25) is 0 Å². The molecule has 2 unspecified atom stereocenters. The largest absolute Gasteiger partial charge is 0.465 e. The molecule has 2 atom stereocenters. The average molecular weight is 451 g/mol. The van der Waals surface area contributed by atoms with Gasteiger partial charge in [-0.15, -0.1) is 0 Å². The number of hydrogen-bond donors (Lipinski definition) is 0. The Hall–Kier alpha value is -1.32. The van der Waals surface area contributed by atoms with Crippen LogP contribution in [0, 0.1) is 11.8 Å². The molecule has 0 saturated carbocycles. The lowest BCUT2D eigenvalue weighted by Crippen LogP contribution is -2.33. The quantitative estimate of drug-likeness (QED) is 0.107. The van der Waals surface area contributed by atoms with Gasteiger partial charge in [0.2, 0.25) is 0 Å². The van der Waals surface area contributed by atoms with Gasteiger partial charge in [0, 0.05) is 0 Å². The second kappa shape index (κ2) is 20.3. The van der Waals surface area contributed by atoms with Crippen molar-refractivity contribution in [2.75, 3.05) is 13.2 Å². The van der Waals surface area contributed by atoms with Gasteiger partial charge in [-0.2, -0.15) is 0 Å². The van der Waals surface area contributed by atoms with Crippen LogP contribution in [-0.2, 0) is 19.1 Å². The predicted molar refractivity (Wildman–Crippen MR) is 132 cm³/mol. The van der Waals surface area contributed by atoms with Gasteiger partial charge in [-0.05, 0) is 25.7 Å². The van der Waals surface area contributed by atoms with Crippen molar-refractivity contribution < 1.29 is 19.1 Å².